The van der Waals surface area contributed by atoms with E-state index in [2.05, 4.69) is 5.32 Å². The van der Waals surface area contributed by atoms with Crippen molar-refractivity contribution < 1.29 is 23.8 Å². The second-order valence-electron chi connectivity index (χ2n) is 4.97. The molecule has 6 heteroatoms. The Morgan fingerprint density at radius 3 is 2.61 bits per heavy atom. The molecule has 3 rings (SSSR count). The lowest BCUT2D eigenvalue weighted by molar-refractivity contribution is -0.133. The first-order valence-electron chi connectivity index (χ1n) is 7.16. The van der Waals surface area contributed by atoms with Crippen LogP contribution in [-0.2, 0) is 9.59 Å². The van der Waals surface area contributed by atoms with Crippen molar-refractivity contribution >= 4 is 17.4 Å². The third-order valence-corrected chi connectivity index (χ3v) is 3.54. The first kappa shape index (κ1) is 14.9. The van der Waals surface area contributed by atoms with Crippen LogP contribution in [0.3, 0.4) is 0 Å². The molecule has 2 heterocycles. The number of aliphatic hydroxyl groups excluding tert-OH is 1. The van der Waals surface area contributed by atoms with Crippen molar-refractivity contribution in [1.82, 2.24) is 5.32 Å². The average Bonchev–Trinajstić information content (AvgIpc) is 3.17. The van der Waals surface area contributed by atoms with Crippen LogP contribution in [0.2, 0.25) is 0 Å². The quantitative estimate of drug-likeness (QED) is 0.514. The summed E-state index contributed by atoms with van der Waals surface area (Å²) >= 11 is 0. The third kappa shape index (κ3) is 2.70. The van der Waals surface area contributed by atoms with E-state index >= 15 is 0 Å². The molecule has 23 heavy (non-hydrogen) atoms. The molecular formula is C17H15NO5. The highest BCUT2D eigenvalue weighted by Crippen LogP contribution is 2.33. The molecular weight excluding hydrogens is 298 g/mol. The second-order valence-corrected chi connectivity index (χ2v) is 4.97. The fourth-order valence-electron chi connectivity index (χ4n) is 2.47. The van der Waals surface area contributed by atoms with E-state index in [4.69, 9.17) is 9.15 Å². The Balaban J connectivity index is 2.02. The van der Waals surface area contributed by atoms with Crippen LogP contribution < -0.4 is 10.1 Å². The van der Waals surface area contributed by atoms with Gasteiger partial charge in [0, 0.05) is 5.56 Å². The fraction of sp³-hybridized carbons (Fsp3) is 0.176. The molecule has 1 aromatic carbocycles. The van der Waals surface area contributed by atoms with Crippen LogP contribution in [0.15, 0.2) is 52.7 Å². The SMILES string of the molecule is CCOc1ccc(C(O)=C2C(=O)C(=O)N[C@H]2c2ccco2)cc1. The fourth-order valence-corrected chi connectivity index (χ4v) is 2.47. The summed E-state index contributed by atoms with van der Waals surface area (Å²) in [5.74, 6) is -0.741. The smallest absolute Gasteiger partial charge is 0.293 e. The van der Waals surface area contributed by atoms with Gasteiger partial charge in [-0.25, -0.2) is 0 Å². The molecule has 1 amide bonds. The number of furan rings is 1. The first-order chi connectivity index (χ1) is 11.1. The average molecular weight is 313 g/mol. The Labute approximate surface area is 132 Å². The lowest BCUT2D eigenvalue weighted by Crippen LogP contribution is -2.20. The Morgan fingerprint density at radius 2 is 2.00 bits per heavy atom. The number of hydrogen-bond acceptors (Lipinski definition) is 5. The monoisotopic (exact) mass is 313 g/mol. The summed E-state index contributed by atoms with van der Waals surface area (Å²) in [7, 11) is 0. The van der Waals surface area contributed by atoms with Gasteiger partial charge < -0.3 is 19.6 Å². The van der Waals surface area contributed by atoms with Crippen LogP contribution >= 0.6 is 0 Å². The lowest BCUT2D eigenvalue weighted by atomic mass is 10.00. The van der Waals surface area contributed by atoms with Crippen molar-refractivity contribution in [2.75, 3.05) is 6.61 Å². The van der Waals surface area contributed by atoms with Gasteiger partial charge >= 0.3 is 0 Å². The van der Waals surface area contributed by atoms with Crippen molar-refractivity contribution in [3.63, 3.8) is 0 Å². The van der Waals surface area contributed by atoms with Gasteiger partial charge in [0.1, 0.15) is 23.3 Å². The van der Waals surface area contributed by atoms with E-state index in [1.807, 2.05) is 6.92 Å². The topological polar surface area (TPSA) is 88.8 Å². The zero-order valence-corrected chi connectivity index (χ0v) is 12.4. The molecule has 1 aliphatic heterocycles. The molecule has 0 aliphatic carbocycles. The number of carbonyl (C=O) groups is 2. The maximum absolute atomic E-state index is 12.1. The number of ketones is 1. The maximum atomic E-state index is 12.1. The summed E-state index contributed by atoms with van der Waals surface area (Å²) in [6.45, 7) is 2.40. The molecule has 2 N–H and O–H groups in total. The van der Waals surface area contributed by atoms with Crippen LogP contribution in [-0.4, -0.2) is 23.4 Å². The highest BCUT2D eigenvalue weighted by atomic mass is 16.5. The highest BCUT2D eigenvalue weighted by Gasteiger charge is 2.40. The van der Waals surface area contributed by atoms with E-state index in [9.17, 15) is 14.7 Å². The number of amides is 1. The number of ether oxygens (including phenoxy) is 1. The predicted octanol–water partition coefficient (Wildman–Crippen LogP) is 2.39. The minimum absolute atomic E-state index is 0.0193. The Bertz CT molecular complexity index is 759. The molecule has 1 aliphatic rings. The van der Waals surface area contributed by atoms with E-state index in [0.29, 0.717) is 23.7 Å². The number of nitrogens with one attached hydrogen (secondary N) is 1. The van der Waals surface area contributed by atoms with Crippen molar-refractivity contribution in [3.05, 3.63) is 59.6 Å². The van der Waals surface area contributed by atoms with Crippen molar-refractivity contribution in [3.8, 4) is 5.75 Å². The molecule has 118 valence electrons. The minimum atomic E-state index is -0.795. The summed E-state index contributed by atoms with van der Waals surface area (Å²) in [6.07, 6.45) is 1.44. The van der Waals surface area contributed by atoms with Gasteiger partial charge in [0.15, 0.2) is 0 Å². The zero-order valence-electron chi connectivity index (χ0n) is 12.4. The van der Waals surface area contributed by atoms with Gasteiger partial charge in [-0.1, -0.05) is 0 Å². The van der Waals surface area contributed by atoms with Crippen LogP contribution in [0.4, 0.5) is 0 Å². The Hall–Kier alpha value is -3.02. The van der Waals surface area contributed by atoms with Gasteiger partial charge in [-0.2, -0.15) is 0 Å². The lowest BCUT2D eigenvalue weighted by Gasteiger charge is -2.11. The molecule has 0 radical (unpaired) electrons. The molecule has 0 unspecified atom stereocenters. The molecule has 1 atom stereocenters. The number of rotatable bonds is 4. The predicted molar refractivity (Wildman–Crippen MR) is 81.8 cm³/mol. The summed E-state index contributed by atoms with van der Waals surface area (Å²) in [5, 5.41) is 13.0. The molecule has 2 aromatic rings. The highest BCUT2D eigenvalue weighted by molar-refractivity contribution is 6.46. The number of benzene rings is 1. The Kier molecular flexibility index (Phi) is 3.89. The normalized spacial score (nSPS) is 19.6. The molecule has 6 nitrogen and oxygen atoms in total. The number of aliphatic hydroxyl groups is 1. The van der Waals surface area contributed by atoms with Gasteiger partial charge in [-0.3, -0.25) is 9.59 Å². The summed E-state index contributed by atoms with van der Waals surface area (Å²) < 4.78 is 10.6. The zero-order chi connectivity index (χ0) is 16.4. The van der Waals surface area contributed by atoms with Crippen LogP contribution in [0.5, 0.6) is 5.75 Å². The van der Waals surface area contributed by atoms with Gasteiger partial charge in [0.25, 0.3) is 11.7 Å². The molecule has 1 saturated heterocycles. The number of hydrogen-bond donors (Lipinski definition) is 2. The molecule has 1 fully saturated rings. The summed E-state index contributed by atoms with van der Waals surface area (Å²) in [6, 6.07) is 9.12. The van der Waals surface area contributed by atoms with Crippen LogP contribution in [0, 0.1) is 0 Å². The van der Waals surface area contributed by atoms with Crippen molar-refractivity contribution in [2.45, 2.75) is 13.0 Å². The van der Waals surface area contributed by atoms with Crippen molar-refractivity contribution in [2.24, 2.45) is 0 Å². The van der Waals surface area contributed by atoms with E-state index in [0.717, 1.165) is 0 Å². The largest absolute Gasteiger partial charge is 0.507 e. The van der Waals surface area contributed by atoms with Gasteiger partial charge in [0.05, 0.1) is 18.4 Å². The van der Waals surface area contributed by atoms with E-state index in [-0.39, 0.29) is 11.3 Å². The Morgan fingerprint density at radius 1 is 1.26 bits per heavy atom. The molecule has 1 aromatic heterocycles. The molecule has 0 spiro atoms. The van der Waals surface area contributed by atoms with E-state index in [1.54, 1.807) is 36.4 Å². The summed E-state index contributed by atoms with van der Waals surface area (Å²) in [5.41, 5.74) is 0.402. The van der Waals surface area contributed by atoms with Crippen LogP contribution in [0.1, 0.15) is 24.3 Å². The van der Waals surface area contributed by atoms with Crippen molar-refractivity contribution in [1.29, 1.82) is 0 Å². The number of carbonyl (C=O) groups excluding carboxylic acids is 2. The third-order valence-electron chi connectivity index (χ3n) is 3.54. The molecule has 0 bridgehead atoms. The van der Waals surface area contributed by atoms with E-state index < -0.39 is 17.7 Å². The van der Waals surface area contributed by atoms with Gasteiger partial charge in [-0.15, -0.1) is 0 Å². The maximum Gasteiger partial charge on any atom is 0.293 e. The first-order valence-corrected chi connectivity index (χ1v) is 7.16. The van der Waals surface area contributed by atoms with E-state index in [1.165, 1.54) is 6.26 Å². The second kappa shape index (κ2) is 6.00. The minimum Gasteiger partial charge on any atom is -0.507 e. The van der Waals surface area contributed by atoms with Crippen LogP contribution in [0.25, 0.3) is 5.76 Å². The summed E-state index contributed by atoms with van der Waals surface area (Å²) in [4.78, 5) is 23.8. The van der Waals surface area contributed by atoms with Gasteiger partial charge in [0.2, 0.25) is 0 Å². The standard InChI is InChI=1S/C17H15NO5/c1-2-22-11-7-5-10(6-8-11)15(19)13-14(12-4-3-9-23-12)18-17(21)16(13)20/h3-9,14,19H,2H2,1H3,(H,18,21)/t14-/m0/s1. The number of Topliss-reactive ketones (excluding diaryl/α,β-unsaturated/α-hetero) is 1. The molecule has 0 saturated carbocycles. The van der Waals surface area contributed by atoms with Gasteiger partial charge in [-0.05, 0) is 43.3 Å².